The van der Waals surface area contributed by atoms with Gasteiger partial charge in [-0.2, -0.15) is 0 Å². The van der Waals surface area contributed by atoms with Crippen LogP contribution in [0.25, 0.3) is 22.0 Å². The SMILES string of the molecule is C=CC(=O)N1CC(NC(=O)Cn2c(C)c(-c3cccnc3N3CCC(C)CC3)c3cc(Cl)cc(C)c32)C1. The lowest BCUT2D eigenvalue weighted by Crippen LogP contribution is -2.61. The number of piperidine rings is 1. The second-order valence-electron chi connectivity index (χ2n) is 10.4. The maximum Gasteiger partial charge on any atom is 0.246 e. The first kappa shape index (κ1) is 25.3. The van der Waals surface area contributed by atoms with E-state index in [1.165, 1.54) is 6.08 Å². The summed E-state index contributed by atoms with van der Waals surface area (Å²) in [4.78, 5) is 33.7. The zero-order valence-corrected chi connectivity index (χ0v) is 22.5. The first-order chi connectivity index (χ1) is 17.8. The molecule has 37 heavy (non-hydrogen) atoms. The minimum Gasteiger partial charge on any atom is -0.356 e. The maximum atomic E-state index is 13.1. The molecule has 2 aliphatic heterocycles. The Hall–Kier alpha value is -3.32. The lowest BCUT2D eigenvalue weighted by Gasteiger charge is -2.38. The van der Waals surface area contributed by atoms with Crippen molar-refractivity contribution in [3.8, 4) is 11.1 Å². The van der Waals surface area contributed by atoms with Gasteiger partial charge in [-0.25, -0.2) is 4.98 Å². The molecule has 2 fully saturated rings. The number of amides is 2. The van der Waals surface area contributed by atoms with Gasteiger partial charge in [-0.3, -0.25) is 9.59 Å². The Morgan fingerprint density at radius 3 is 2.65 bits per heavy atom. The fourth-order valence-electron chi connectivity index (χ4n) is 5.68. The second kappa shape index (κ2) is 10.2. The minimum absolute atomic E-state index is 0.0417. The number of benzene rings is 1. The summed E-state index contributed by atoms with van der Waals surface area (Å²) < 4.78 is 2.09. The van der Waals surface area contributed by atoms with E-state index in [2.05, 4.69) is 41.3 Å². The zero-order valence-electron chi connectivity index (χ0n) is 21.8. The Kier molecular flexibility index (Phi) is 6.99. The zero-order chi connectivity index (χ0) is 26.3. The molecular formula is C29H34ClN5O2. The number of nitrogens with one attached hydrogen (secondary N) is 1. The van der Waals surface area contributed by atoms with E-state index in [4.69, 9.17) is 16.6 Å². The Morgan fingerprint density at radius 1 is 1.22 bits per heavy atom. The quantitative estimate of drug-likeness (QED) is 0.478. The molecule has 1 aromatic carbocycles. The number of rotatable bonds is 6. The van der Waals surface area contributed by atoms with Crippen LogP contribution in [0.2, 0.25) is 5.02 Å². The summed E-state index contributed by atoms with van der Waals surface area (Å²) in [7, 11) is 0. The van der Waals surface area contributed by atoms with Crippen LogP contribution < -0.4 is 10.2 Å². The van der Waals surface area contributed by atoms with Gasteiger partial charge in [0.1, 0.15) is 12.4 Å². The number of likely N-dealkylation sites (tertiary alicyclic amines) is 1. The first-order valence-electron chi connectivity index (χ1n) is 13.0. The van der Waals surface area contributed by atoms with E-state index in [0.717, 1.165) is 71.0 Å². The Bertz CT molecular complexity index is 1370. The number of carbonyl (C=O) groups excluding carboxylic acids is 2. The van der Waals surface area contributed by atoms with E-state index >= 15 is 0 Å². The van der Waals surface area contributed by atoms with Gasteiger partial charge in [0.05, 0.1) is 11.6 Å². The molecule has 0 radical (unpaired) electrons. The molecule has 0 saturated carbocycles. The molecular weight excluding hydrogens is 486 g/mol. The van der Waals surface area contributed by atoms with E-state index in [9.17, 15) is 9.59 Å². The van der Waals surface area contributed by atoms with Gasteiger partial charge in [0, 0.05) is 59.6 Å². The highest BCUT2D eigenvalue weighted by Crippen LogP contribution is 2.41. The number of carbonyl (C=O) groups is 2. The second-order valence-corrected chi connectivity index (χ2v) is 10.9. The van der Waals surface area contributed by atoms with E-state index in [1.54, 1.807) is 4.90 Å². The Labute approximate surface area is 223 Å². The standard InChI is InChI=1S/C29H34ClN5O2/c1-5-26(37)34-15-22(16-34)32-25(36)17-35-20(4)27(24-14-21(30)13-19(3)28(24)35)23-7-6-10-31-29(23)33-11-8-18(2)9-12-33/h5-7,10,13-14,18,22H,1,8-9,11-12,15-17H2,2-4H3,(H,32,36). The summed E-state index contributed by atoms with van der Waals surface area (Å²) in [5.41, 5.74) is 5.17. The van der Waals surface area contributed by atoms with Crippen molar-refractivity contribution in [3.63, 3.8) is 0 Å². The molecule has 0 unspecified atom stereocenters. The fraction of sp³-hybridized carbons (Fsp3) is 0.414. The van der Waals surface area contributed by atoms with Gasteiger partial charge in [0.25, 0.3) is 0 Å². The molecule has 0 atom stereocenters. The molecule has 8 heteroatoms. The summed E-state index contributed by atoms with van der Waals surface area (Å²) in [6.07, 6.45) is 5.47. The average molecular weight is 520 g/mol. The van der Waals surface area contributed by atoms with Crippen LogP contribution in [0.5, 0.6) is 0 Å². The van der Waals surface area contributed by atoms with E-state index < -0.39 is 0 Å². The van der Waals surface area contributed by atoms with Crippen LogP contribution in [0.4, 0.5) is 5.82 Å². The largest absolute Gasteiger partial charge is 0.356 e. The van der Waals surface area contributed by atoms with Crippen molar-refractivity contribution in [2.24, 2.45) is 5.92 Å². The molecule has 2 saturated heterocycles. The predicted octanol–water partition coefficient (Wildman–Crippen LogP) is 4.72. The van der Waals surface area contributed by atoms with Crippen LogP contribution in [-0.4, -0.2) is 58.5 Å². The van der Waals surface area contributed by atoms with Crippen LogP contribution in [0.3, 0.4) is 0 Å². The molecule has 1 N–H and O–H groups in total. The third kappa shape index (κ3) is 4.85. The number of hydrogen-bond donors (Lipinski definition) is 1. The summed E-state index contributed by atoms with van der Waals surface area (Å²) >= 11 is 6.55. The van der Waals surface area contributed by atoms with Crippen molar-refractivity contribution >= 4 is 40.1 Å². The number of hydrogen-bond acceptors (Lipinski definition) is 4. The van der Waals surface area contributed by atoms with Crippen molar-refractivity contribution in [1.29, 1.82) is 0 Å². The molecule has 3 aromatic rings. The first-order valence-corrected chi connectivity index (χ1v) is 13.3. The van der Waals surface area contributed by atoms with Crippen molar-refractivity contribution in [1.82, 2.24) is 19.8 Å². The molecule has 0 spiro atoms. The molecule has 194 valence electrons. The number of pyridine rings is 1. The Balaban J connectivity index is 1.50. The van der Waals surface area contributed by atoms with Crippen molar-refractivity contribution in [3.05, 3.63) is 59.4 Å². The van der Waals surface area contributed by atoms with Crippen molar-refractivity contribution in [2.45, 2.75) is 46.2 Å². The lowest BCUT2D eigenvalue weighted by atomic mass is 9.97. The number of aromatic nitrogens is 2. The minimum atomic E-state index is -0.106. The van der Waals surface area contributed by atoms with E-state index in [0.29, 0.717) is 18.1 Å². The third-order valence-corrected chi connectivity index (χ3v) is 7.96. The maximum absolute atomic E-state index is 13.1. The summed E-state index contributed by atoms with van der Waals surface area (Å²) in [5.74, 6) is 1.53. The highest BCUT2D eigenvalue weighted by Gasteiger charge is 2.31. The number of nitrogens with zero attached hydrogens (tertiary/aromatic N) is 4. The van der Waals surface area contributed by atoms with Crippen LogP contribution in [0, 0.1) is 19.8 Å². The van der Waals surface area contributed by atoms with Gasteiger partial charge in [-0.15, -0.1) is 0 Å². The van der Waals surface area contributed by atoms with Crippen molar-refractivity contribution in [2.75, 3.05) is 31.1 Å². The van der Waals surface area contributed by atoms with Crippen molar-refractivity contribution < 1.29 is 9.59 Å². The molecule has 0 aliphatic carbocycles. The van der Waals surface area contributed by atoms with Gasteiger partial charge in [-0.1, -0.05) is 25.1 Å². The molecule has 7 nitrogen and oxygen atoms in total. The van der Waals surface area contributed by atoms with Gasteiger partial charge in [0.15, 0.2) is 0 Å². The highest BCUT2D eigenvalue weighted by molar-refractivity contribution is 6.31. The topological polar surface area (TPSA) is 70.5 Å². The number of fused-ring (bicyclic) bond motifs is 1. The van der Waals surface area contributed by atoms with E-state index in [1.807, 2.05) is 31.3 Å². The van der Waals surface area contributed by atoms with Gasteiger partial charge in [0.2, 0.25) is 11.8 Å². The average Bonchev–Trinajstić information content (AvgIpc) is 3.12. The Morgan fingerprint density at radius 2 is 1.95 bits per heavy atom. The smallest absolute Gasteiger partial charge is 0.246 e. The molecule has 4 heterocycles. The number of aryl methyl sites for hydroxylation is 1. The lowest BCUT2D eigenvalue weighted by molar-refractivity contribution is -0.133. The van der Waals surface area contributed by atoms with E-state index in [-0.39, 0.29) is 24.4 Å². The molecule has 5 rings (SSSR count). The third-order valence-electron chi connectivity index (χ3n) is 7.75. The monoisotopic (exact) mass is 519 g/mol. The van der Waals surface area contributed by atoms with Gasteiger partial charge < -0.3 is 19.7 Å². The van der Waals surface area contributed by atoms with Crippen LogP contribution in [0.1, 0.15) is 31.0 Å². The van der Waals surface area contributed by atoms with Gasteiger partial charge >= 0.3 is 0 Å². The molecule has 2 aliphatic rings. The van der Waals surface area contributed by atoms with Crippen LogP contribution >= 0.6 is 11.6 Å². The summed E-state index contributed by atoms with van der Waals surface area (Å²) in [6.45, 7) is 13.1. The molecule has 0 bridgehead atoms. The fourth-order valence-corrected chi connectivity index (χ4v) is 5.95. The summed E-state index contributed by atoms with van der Waals surface area (Å²) in [5, 5.41) is 4.78. The highest BCUT2D eigenvalue weighted by atomic mass is 35.5. The predicted molar refractivity (Wildman–Crippen MR) is 149 cm³/mol. The summed E-state index contributed by atoms with van der Waals surface area (Å²) in [6, 6.07) is 8.01. The number of anilines is 1. The molecule has 2 amide bonds. The van der Waals surface area contributed by atoms with Crippen LogP contribution in [-0.2, 0) is 16.1 Å². The number of halogens is 1. The van der Waals surface area contributed by atoms with Gasteiger partial charge in [-0.05, 0) is 68.5 Å². The molecule has 2 aromatic heterocycles. The van der Waals surface area contributed by atoms with Crippen LogP contribution in [0.15, 0.2) is 43.1 Å². The normalized spacial score (nSPS) is 16.6.